The lowest BCUT2D eigenvalue weighted by molar-refractivity contribution is -0.233. The van der Waals surface area contributed by atoms with Gasteiger partial charge in [0.1, 0.15) is 6.10 Å². The third-order valence-corrected chi connectivity index (χ3v) is 9.22. The van der Waals surface area contributed by atoms with E-state index in [1.54, 1.807) is 19.9 Å². The molecule has 0 saturated heterocycles. The number of Topliss-reactive ketones (excluding diaryl/α,β-unsaturated/α-hetero) is 1. The van der Waals surface area contributed by atoms with Crippen molar-refractivity contribution < 1.29 is 42.6 Å². The van der Waals surface area contributed by atoms with Crippen LogP contribution in [0.15, 0.2) is 23.8 Å². The van der Waals surface area contributed by atoms with Gasteiger partial charge in [0.05, 0.1) is 0 Å². The SMILES string of the molecule is CC(=O)OCC(=O)C1(OC(C)=O)CCC2C3CCC4=CC(=O)C=CC4(C)C3(F)C(OC(C)=O)CC21C. The van der Waals surface area contributed by atoms with Crippen LogP contribution in [0, 0.1) is 22.7 Å². The minimum absolute atomic E-state index is 0.0754. The van der Waals surface area contributed by atoms with Gasteiger partial charge in [-0.2, -0.15) is 0 Å². The maximum atomic E-state index is 17.7. The van der Waals surface area contributed by atoms with E-state index in [1.165, 1.54) is 32.9 Å². The molecule has 4 rings (SSSR count). The summed E-state index contributed by atoms with van der Waals surface area (Å²) in [5, 5.41) is 0. The summed E-state index contributed by atoms with van der Waals surface area (Å²) in [6, 6.07) is 0. The zero-order valence-corrected chi connectivity index (χ0v) is 21.4. The number of fused-ring (bicyclic) bond motifs is 5. The molecule has 0 aliphatic heterocycles. The zero-order valence-electron chi connectivity index (χ0n) is 21.4. The number of carbonyl (C=O) groups excluding carboxylic acids is 5. The second-order valence-electron chi connectivity index (χ2n) is 11.0. The molecular formula is C27H33FO8. The normalized spacial score (nSPS) is 40.8. The minimum Gasteiger partial charge on any atom is -0.459 e. The summed E-state index contributed by atoms with van der Waals surface area (Å²) >= 11 is 0. The van der Waals surface area contributed by atoms with Gasteiger partial charge in [-0.3, -0.25) is 24.0 Å². The van der Waals surface area contributed by atoms with Crippen LogP contribution in [0.25, 0.3) is 0 Å². The molecule has 4 aliphatic rings. The molecule has 0 N–H and O–H groups in total. The Bertz CT molecular complexity index is 1090. The first kappa shape index (κ1) is 26.2. The van der Waals surface area contributed by atoms with E-state index >= 15 is 4.39 Å². The monoisotopic (exact) mass is 504 g/mol. The van der Waals surface area contributed by atoms with Gasteiger partial charge in [-0.15, -0.1) is 0 Å². The van der Waals surface area contributed by atoms with Crippen LogP contribution in [0.5, 0.6) is 0 Å². The maximum Gasteiger partial charge on any atom is 0.303 e. The Morgan fingerprint density at radius 2 is 1.72 bits per heavy atom. The highest BCUT2D eigenvalue weighted by atomic mass is 19.1. The fourth-order valence-electron chi connectivity index (χ4n) is 7.70. The maximum absolute atomic E-state index is 17.7. The third kappa shape index (κ3) is 3.57. The van der Waals surface area contributed by atoms with Gasteiger partial charge in [-0.1, -0.05) is 18.6 Å². The van der Waals surface area contributed by atoms with E-state index < -0.39 is 64.4 Å². The van der Waals surface area contributed by atoms with Gasteiger partial charge in [-0.25, -0.2) is 4.39 Å². The summed E-state index contributed by atoms with van der Waals surface area (Å²) in [5.74, 6) is -3.81. The molecule has 0 amide bonds. The van der Waals surface area contributed by atoms with Gasteiger partial charge in [0.25, 0.3) is 0 Å². The van der Waals surface area contributed by atoms with Crippen molar-refractivity contribution in [1.82, 2.24) is 0 Å². The van der Waals surface area contributed by atoms with Gasteiger partial charge >= 0.3 is 17.9 Å². The summed E-state index contributed by atoms with van der Waals surface area (Å²) < 4.78 is 34.1. The van der Waals surface area contributed by atoms with Crippen molar-refractivity contribution in [2.45, 2.75) is 84.1 Å². The Kier molecular flexibility index (Phi) is 6.29. The van der Waals surface area contributed by atoms with Crippen LogP contribution in [-0.4, -0.2) is 53.5 Å². The lowest BCUT2D eigenvalue weighted by atomic mass is 9.44. The molecule has 0 aromatic rings. The van der Waals surface area contributed by atoms with Crippen molar-refractivity contribution >= 4 is 29.5 Å². The van der Waals surface area contributed by atoms with E-state index in [-0.39, 0.29) is 24.5 Å². The van der Waals surface area contributed by atoms with E-state index in [4.69, 9.17) is 14.2 Å². The highest BCUT2D eigenvalue weighted by molar-refractivity contribution is 6.01. The Morgan fingerprint density at radius 1 is 1.03 bits per heavy atom. The molecule has 196 valence electrons. The quantitative estimate of drug-likeness (QED) is 0.414. The van der Waals surface area contributed by atoms with Gasteiger partial charge in [0.15, 0.2) is 23.7 Å². The van der Waals surface area contributed by atoms with Crippen LogP contribution in [0.3, 0.4) is 0 Å². The standard InChI is InChI=1S/C27H33FO8/c1-15(29)34-14-22(33)26(36-17(3)31)11-9-20-21-7-6-18-12-19(32)8-10-24(18,4)27(21,28)23(35-16(2)30)13-25(20,26)5/h8,10,12,20-21,23H,6-7,9,11,13-14H2,1-5H3. The molecule has 9 heteroatoms. The third-order valence-electron chi connectivity index (χ3n) is 9.22. The number of alkyl halides is 1. The summed E-state index contributed by atoms with van der Waals surface area (Å²) in [5.41, 5.74) is -5.31. The van der Waals surface area contributed by atoms with Crippen LogP contribution < -0.4 is 0 Å². The predicted molar refractivity (Wildman–Crippen MR) is 124 cm³/mol. The Labute approximate surface area is 209 Å². The van der Waals surface area contributed by atoms with Crippen molar-refractivity contribution in [3.8, 4) is 0 Å². The highest BCUT2D eigenvalue weighted by Crippen LogP contribution is 2.70. The van der Waals surface area contributed by atoms with Crippen LogP contribution in [0.1, 0.15) is 66.7 Å². The van der Waals surface area contributed by atoms with Crippen molar-refractivity contribution in [3.63, 3.8) is 0 Å². The number of hydrogen-bond acceptors (Lipinski definition) is 8. The average Bonchev–Trinajstić information content (AvgIpc) is 3.05. The fourth-order valence-corrected chi connectivity index (χ4v) is 7.70. The summed E-state index contributed by atoms with van der Waals surface area (Å²) in [6.45, 7) is 6.51. The molecule has 0 spiro atoms. The molecular weight excluding hydrogens is 471 g/mol. The molecule has 0 radical (unpaired) electrons. The molecule has 0 aromatic carbocycles. The Hall–Kier alpha value is -2.84. The number of ketones is 2. The Morgan fingerprint density at radius 3 is 2.33 bits per heavy atom. The average molecular weight is 505 g/mol. The van der Waals surface area contributed by atoms with Crippen molar-refractivity contribution in [1.29, 1.82) is 0 Å². The van der Waals surface area contributed by atoms with Crippen molar-refractivity contribution in [2.75, 3.05) is 6.61 Å². The van der Waals surface area contributed by atoms with E-state index in [0.717, 1.165) is 0 Å². The number of allylic oxidation sites excluding steroid dienone is 4. The number of ether oxygens (including phenoxy) is 3. The van der Waals surface area contributed by atoms with E-state index in [2.05, 4.69) is 0 Å². The smallest absolute Gasteiger partial charge is 0.303 e. The highest BCUT2D eigenvalue weighted by Gasteiger charge is 2.76. The van der Waals surface area contributed by atoms with Crippen molar-refractivity contribution in [3.05, 3.63) is 23.8 Å². The molecule has 0 aromatic heterocycles. The fraction of sp³-hybridized carbons (Fsp3) is 0.667. The molecule has 7 unspecified atom stereocenters. The van der Waals surface area contributed by atoms with Crippen LogP contribution in [0.2, 0.25) is 0 Å². The van der Waals surface area contributed by atoms with Gasteiger partial charge in [0.2, 0.25) is 5.78 Å². The van der Waals surface area contributed by atoms with Gasteiger partial charge < -0.3 is 14.2 Å². The van der Waals surface area contributed by atoms with E-state index in [0.29, 0.717) is 24.8 Å². The van der Waals surface area contributed by atoms with Gasteiger partial charge in [0, 0.05) is 37.5 Å². The van der Waals surface area contributed by atoms with Crippen LogP contribution in [0.4, 0.5) is 4.39 Å². The first-order valence-electron chi connectivity index (χ1n) is 12.4. The number of rotatable bonds is 5. The molecule has 8 nitrogen and oxygen atoms in total. The summed E-state index contributed by atoms with van der Waals surface area (Å²) in [4.78, 5) is 61.5. The molecule has 3 saturated carbocycles. The van der Waals surface area contributed by atoms with Crippen LogP contribution >= 0.6 is 0 Å². The van der Waals surface area contributed by atoms with Gasteiger partial charge in [-0.05, 0) is 57.1 Å². The number of halogens is 1. The lowest BCUT2D eigenvalue weighted by Gasteiger charge is -2.63. The molecule has 36 heavy (non-hydrogen) atoms. The predicted octanol–water partition coefficient (Wildman–Crippen LogP) is 3.36. The molecule has 7 atom stereocenters. The summed E-state index contributed by atoms with van der Waals surface area (Å²) in [6.07, 6.45) is 4.46. The number of hydrogen-bond donors (Lipinski definition) is 0. The van der Waals surface area contributed by atoms with Crippen LogP contribution in [-0.2, 0) is 38.2 Å². The van der Waals surface area contributed by atoms with E-state index in [1.807, 2.05) is 0 Å². The first-order chi connectivity index (χ1) is 16.7. The zero-order chi connectivity index (χ0) is 26.7. The second-order valence-corrected chi connectivity index (χ2v) is 11.0. The Balaban J connectivity index is 1.85. The lowest BCUT2D eigenvalue weighted by Crippen LogP contribution is -2.70. The number of esters is 3. The van der Waals surface area contributed by atoms with Crippen molar-refractivity contribution in [2.24, 2.45) is 22.7 Å². The molecule has 3 fully saturated rings. The second kappa shape index (κ2) is 8.63. The van der Waals surface area contributed by atoms with E-state index in [9.17, 15) is 24.0 Å². The topological polar surface area (TPSA) is 113 Å². The number of carbonyl (C=O) groups is 5. The first-order valence-corrected chi connectivity index (χ1v) is 12.4. The molecule has 0 heterocycles. The largest absolute Gasteiger partial charge is 0.459 e. The molecule has 0 bridgehead atoms. The summed E-state index contributed by atoms with van der Waals surface area (Å²) in [7, 11) is 0. The molecule has 4 aliphatic carbocycles. The minimum atomic E-state index is -2.05.